The molecule has 4 rings (SSSR count). The number of nitrogen functional groups attached to an aromatic ring is 1. The number of fused-ring (bicyclic) bond motifs is 1. The lowest BCUT2D eigenvalue weighted by Gasteiger charge is -2.39. The summed E-state index contributed by atoms with van der Waals surface area (Å²) in [6.07, 6.45) is 6.75. The van der Waals surface area contributed by atoms with Crippen molar-refractivity contribution in [3.05, 3.63) is 64.4 Å². The highest BCUT2D eigenvalue weighted by atomic mass is 16.5. The van der Waals surface area contributed by atoms with Crippen molar-refractivity contribution in [1.29, 1.82) is 5.41 Å². The van der Waals surface area contributed by atoms with Gasteiger partial charge in [-0.25, -0.2) is 4.79 Å². The largest absolute Gasteiger partial charge is 0.480 e. The first-order chi connectivity index (χ1) is 18.3. The Kier molecular flexibility index (Phi) is 8.84. The number of ether oxygens (including phenoxy) is 1. The summed E-state index contributed by atoms with van der Waals surface area (Å²) in [6, 6.07) is 15.5. The highest BCUT2D eigenvalue weighted by Crippen LogP contribution is 2.35. The van der Waals surface area contributed by atoms with Gasteiger partial charge in [-0.15, -0.1) is 0 Å². The number of carbonyl (C=O) groups is 1. The number of nitrogens with one attached hydrogen (secondary N) is 1. The molecule has 0 radical (unpaired) electrons. The number of piperidine rings is 1. The fourth-order valence-electron chi connectivity index (χ4n) is 5.64. The molecule has 2 aromatic carbocycles. The summed E-state index contributed by atoms with van der Waals surface area (Å²) >= 11 is 0. The van der Waals surface area contributed by atoms with E-state index in [1.807, 2.05) is 24.3 Å². The second-order valence-electron chi connectivity index (χ2n) is 10.3. The highest BCUT2D eigenvalue weighted by molar-refractivity contribution is 5.98. The Bertz CT molecular complexity index is 1360. The molecule has 0 saturated carbocycles. The maximum Gasteiger partial charge on any atom is 0.341 e. The quantitative estimate of drug-likeness (QED) is 0.190. The van der Waals surface area contributed by atoms with Crippen molar-refractivity contribution in [1.82, 2.24) is 9.47 Å². The second kappa shape index (κ2) is 12.3. The maximum absolute atomic E-state index is 14.0. The Morgan fingerprint density at radius 3 is 2.47 bits per heavy atom. The SMILES string of the molecule is C[C@@H]1CCC[C@H](C)N1CCCCCn1c(=O)c(-c2cccc(C(=N)N)c2)c(OCC(=O)O)c2ccccc21. The first kappa shape index (κ1) is 27.4. The van der Waals surface area contributed by atoms with Crippen LogP contribution in [-0.2, 0) is 11.3 Å². The summed E-state index contributed by atoms with van der Waals surface area (Å²) in [5.41, 5.74) is 7.47. The van der Waals surface area contributed by atoms with E-state index in [1.54, 1.807) is 28.8 Å². The zero-order valence-electron chi connectivity index (χ0n) is 22.3. The number of nitrogens with two attached hydrogens (primary N) is 1. The number of amidine groups is 1. The van der Waals surface area contributed by atoms with Crippen LogP contribution in [0.25, 0.3) is 22.0 Å². The smallest absolute Gasteiger partial charge is 0.341 e. The number of benzene rings is 2. The fraction of sp³-hybridized carbons (Fsp3) is 0.433. The molecular weight excluding hydrogens is 480 g/mol. The van der Waals surface area contributed by atoms with E-state index in [2.05, 4.69) is 18.7 Å². The topological polar surface area (TPSA) is 122 Å². The normalized spacial score (nSPS) is 17.9. The summed E-state index contributed by atoms with van der Waals surface area (Å²) in [7, 11) is 0. The van der Waals surface area contributed by atoms with Gasteiger partial charge in [0.05, 0.1) is 11.1 Å². The van der Waals surface area contributed by atoms with Crippen molar-refractivity contribution in [3.8, 4) is 16.9 Å². The molecule has 0 bridgehead atoms. The maximum atomic E-state index is 14.0. The van der Waals surface area contributed by atoms with Crippen LogP contribution in [0.5, 0.6) is 5.75 Å². The third kappa shape index (κ3) is 6.07. The Balaban J connectivity index is 1.66. The number of hydrogen-bond acceptors (Lipinski definition) is 5. The molecule has 8 nitrogen and oxygen atoms in total. The monoisotopic (exact) mass is 518 g/mol. The van der Waals surface area contributed by atoms with Gasteiger partial charge in [0.15, 0.2) is 6.61 Å². The number of para-hydroxylation sites is 1. The molecule has 0 spiro atoms. The van der Waals surface area contributed by atoms with Crippen LogP contribution in [0.3, 0.4) is 0 Å². The average Bonchev–Trinajstić information content (AvgIpc) is 2.89. The first-order valence-corrected chi connectivity index (χ1v) is 13.5. The van der Waals surface area contributed by atoms with Crippen molar-refractivity contribution in [2.75, 3.05) is 13.2 Å². The average molecular weight is 519 g/mol. The van der Waals surface area contributed by atoms with E-state index in [4.69, 9.17) is 15.9 Å². The van der Waals surface area contributed by atoms with E-state index >= 15 is 0 Å². The van der Waals surface area contributed by atoms with Crippen LogP contribution in [0.1, 0.15) is 57.9 Å². The number of likely N-dealkylation sites (tertiary alicyclic amines) is 1. The van der Waals surface area contributed by atoms with Gasteiger partial charge in [-0.3, -0.25) is 15.1 Å². The number of carboxylic acid groups (broad SMARTS) is 1. The van der Waals surface area contributed by atoms with Gasteiger partial charge in [-0.1, -0.05) is 43.2 Å². The van der Waals surface area contributed by atoms with Crippen LogP contribution < -0.4 is 16.0 Å². The summed E-state index contributed by atoms with van der Waals surface area (Å²) < 4.78 is 7.50. The van der Waals surface area contributed by atoms with E-state index in [1.165, 1.54) is 19.3 Å². The van der Waals surface area contributed by atoms with Gasteiger partial charge in [0, 0.05) is 29.6 Å². The number of aryl methyl sites for hydroxylation is 1. The number of unbranched alkanes of at least 4 members (excludes halogenated alkanes) is 2. The molecule has 1 aliphatic rings. The van der Waals surface area contributed by atoms with Crippen molar-refractivity contribution in [3.63, 3.8) is 0 Å². The van der Waals surface area contributed by atoms with Crippen LogP contribution in [-0.4, -0.2) is 51.6 Å². The van der Waals surface area contributed by atoms with Gasteiger partial charge in [-0.05, 0) is 69.8 Å². The molecule has 1 aliphatic heterocycles. The lowest BCUT2D eigenvalue weighted by atomic mass is 9.97. The molecular formula is C30H38N4O4. The molecule has 0 aliphatic carbocycles. The summed E-state index contributed by atoms with van der Waals surface area (Å²) in [4.78, 5) is 27.9. The van der Waals surface area contributed by atoms with Gasteiger partial charge in [-0.2, -0.15) is 0 Å². The lowest BCUT2D eigenvalue weighted by Crippen LogP contribution is -2.44. The Morgan fingerprint density at radius 2 is 1.76 bits per heavy atom. The van der Waals surface area contributed by atoms with Crippen molar-refractivity contribution in [2.45, 2.75) is 71.0 Å². The predicted molar refractivity (Wildman–Crippen MR) is 151 cm³/mol. The molecule has 2 atom stereocenters. The molecule has 1 fully saturated rings. The molecule has 0 unspecified atom stereocenters. The minimum absolute atomic E-state index is 0.113. The number of aliphatic carboxylic acids is 1. The van der Waals surface area contributed by atoms with Gasteiger partial charge < -0.3 is 20.1 Å². The standard InChI is InChI=1S/C30H38N4O4/c1-20-10-8-11-21(2)33(20)16-6-3-7-17-34-25-15-5-4-14-24(25)28(38-19-26(35)36)27(30(34)37)22-12-9-13-23(18-22)29(31)32/h4-5,9,12-15,18,20-21H,3,6-8,10-11,16-17,19H2,1-2H3,(H3,31,32)(H,35,36)/t20-,21+. The summed E-state index contributed by atoms with van der Waals surface area (Å²) in [5, 5.41) is 17.8. The molecule has 8 heteroatoms. The summed E-state index contributed by atoms with van der Waals surface area (Å²) in [5.74, 6) is -1.00. The number of carboxylic acids is 1. The highest BCUT2D eigenvalue weighted by Gasteiger charge is 2.24. The Hall–Kier alpha value is -3.65. The van der Waals surface area contributed by atoms with Crippen LogP contribution in [0.15, 0.2) is 53.3 Å². The van der Waals surface area contributed by atoms with Crippen LogP contribution >= 0.6 is 0 Å². The molecule has 2 heterocycles. The first-order valence-electron chi connectivity index (χ1n) is 13.5. The number of pyridine rings is 1. The minimum Gasteiger partial charge on any atom is -0.480 e. The third-order valence-electron chi connectivity index (χ3n) is 7.60. The number of nitrogens with zero attached hydrogens (tertiary/aromatic N) is 2. The molecule has 1 aromatic heterocycles. The van der Waals surface area contributed by atoms with E-state index < -0.39 is 12.6 Å². The predicted octanol–water partition coefficient (Wildman–Crippen LogP) is 4.85. The van der Waals surface area contributed by atoms with E-state index in [9.17, 15) is 14.7 Å². The zero-order valence-corrected chi connectivity index (χ0v) is 22.3. The van der Waals surface area contributed by atoms with Gasteiger partial charge in [0.1, 0.15) is 11.6 Å². The number of rotatable bonds is 11. The molecule has 38 heavy (non-hydrogen) atoms. The van der Waals surface area contributed by atoms with Crippen LogP contribution in [0.2, 0.25) is 0 Å². The van der Waals surface area contributed by atoms with Crippen molar-refractivity contribution in [2.24, 2.45) is 5.73 Å². The Morgan fingerprint density at radius 1 is 1.05 bits per heavy atom. The van der Waals surface area contributed by atoms with Crippen LogP contribution in [0, 0.1) is 5.41 Å². The van der Waals surface area contributed by atoms with E-state index in [-0.39, 0.29) is 22.7 Å². The fourth-order valence-corrected chi connectivity index (χ4v) is 5.64. The van der Waals surface area contributed by atoms with Gasteiger partial charge in [0.25, 0.3) is 5.56 Å². The lowest BCUT2D eigenvalue weighted by molar-refractivity contribution is -0.139. The molecule has 3 aromatic rings. The third-order valence-corrected chi connectivity index (χ3v) is 7.60. The van der Waals surface area contributed by atoms with E-state index in [0.717, 1.165) is 25.8 Å². The molecule has 4 N–H and O–H groups in total. The van der Waals surface area contributed by atoms with Crippen molar-refractivity contribution >= 4 is 22.7 Å². The van der Waals surface area contributed by atoms with Crippen molar-refractivity contribution < 1.29 is 14.6 Å². The Labute approximate surface area is 223 Å². The van der Waals surface area contributed by atoms with Gasteiger partial charge >= 0.3 is 5.97 Å². The molecule has 0 amide bonds. The van der Waals surface area contributed by atoms with Crippen LogP contribution in [0.4, 0.5) is 0 Å². The van der Waals surface area contributed by atoms with E-state index in [0.29, 0.717) is 40.7 Å². The molecule has 202 valence electrons. The number of hydrogen-bond donors (Lipinski definition) is 3. The zero-order chi connectivity index (χ0) is 27.2. The summed E-state index contributed by atoms with van der Waals surface area (Å²) in [6.45, 7) is 5.68. The second-order valence-corrected chi connectivity index (χ2v) is 10.3. The molecule has 1 saturated heterocycles. The van der Waals surface area contributed by atoms with Gasteiger partial charge in [0.2, 0.25) is 0 Å². The number of aromatic nitrogens is 1. The minimum atomic E-state index is -1.13.